The van der Waals surface area contributed by atoms with Crippen LogP contribution < -0.4 is 0 Å². The molecule has 0 aromatic rings. The summed E-state index contributed by atoms with van der Waals surface area (Å²) in [6.45, 7) is 11.9. The zero-order chi connectivity index (χ0) is 14.5. The van der Waals surface area contributed by atoms with Crippen molar-refractivity contribution < 1.29 is 10.2 Å². The van der Waals surface area contributed by atoms with Gasteiger partial charge in [0.1, 0.15) is 0 Å². The van der Waals surface area contributed by atoms with Gasteiger partial charge in [-0.15, -0.1) is 12.8 Å². The Labute approximate surface area is 110 Å². The summed E-state index contributed by atoms with van der Waals surface area (Å²) in [7, 11) is 0.417. The number of aliphatic hydroxyl groups excluding tert-OH is 2. The van der Waals surface area contributed by atoms with E-state index in [0.717, 1.165) is 0 Å². The summed E-state index contributed by atoms with van der Waals surface area (Å²) < 4.78 is 0. The van der Waals surface area contributed by atoms with E-state index >= 15 is 0 Å². The highest BCUT2D eigenvalue weighted by atomic mass is 28.2. The molecule has 0 aliphatic carbocycles. The molecule has 0 saturated heterocycles. The molecular formula is C14H28O2Si. The Morgan fingerprint density at radius 3 is 1.06 bits per heavy atom. The van der Waals surface area contributed by atoms with Crippen molar-refractivity contribution in [2.24, 2.45) is 10.8 Å². The Balaban J connectivity index is -0.000000188. The molecular weight excluding hydrogens is 228 g/mol. The summed E-state index contributed by atoms with van der Waals surface area (Å²) in [4.78, 5) is 0. The van der Waals surface area contributed by atoms with Gasteiger partial charge in [0.15, 0.2) is 0 Å². The molecule has 100 valence electrons. The Hall–Kier alpha value is -0.743. The first-order chi connectivity index (χ1) is 7.66. The van der Waals surface area contributed by atoms with E-state index in [2.05, 4.69) is 24.9 Å². The zero-order valence-corrected chi connectivity index (χ0v) is 13.6. The lowest BCUT2D eigenvalue weighted by Gasteiger charge is -2.10. The van der Waals surface area contributed by atoms with Crippen molar-refractivity contribution in [3.05, 3.63) is 0 Å². The highest BCUT2D eigenvalue weighted by molar-refractivity contribution is 6.31. The highest BCUT2D eigenvalue weighted by Crippen LogP contribution is 2.09. The van der Waals surface area contributed by atoms with Crippen LogP contribution in [0.3, 0.4) is 0 Å². The first-order valence-corrected chi connectivity index (χ1v) is 8.66. The molecule has 0 aromatic heterocycles. The monoisotopic (exact) mass is 256 g/mol. The van der Waals surface area contributed by atoms with Crippen LogP contribution in [0.2, 0.25) is 13.1 Å². The van der Waals surface area contributed by atoms with Gasteiger partial charge in [0.25, 0.3) is 0 Å². The fraction of sp³-hybridized carbons (Fsp3) is 0.714. The maximum atomic E-state index is 8.45. The van der Waals surface area contributed by atoms with Crippen molar-refractivity contribution in [2.45, 2.75) is 40.8 Å². The maximum Gasteiger partial charge on any atom is 0.0591 e. The van der Waals surface area contributed by atoms with Crippen LogP contribution in [0.1, 0.15) is 27.7 Å². The minimum atomic E-state index is -0.333. The smallest absolute Gasteiger partial charge is 0.0591 e. The molecule has 0 heterocycles. The Kier molecular flexibility index (Phi) is 14.9. The number of hydrogen-bond acceptors (Lipinski definition) is 2. The summed E-state index contributed by atoms with van der Waals surface area (Å²) in [6.07, 6.45) is 10.0. The lowest BCUT2D eigenvalue weighted by Crippen LogP contribution is -2.12. The molecule has 0 amide bonds. The molecule has 0 saturated carbocycles. The number of terminal acetylenes is 2. The van der Waals surface area contributed by atoms with Crippen molar-refractivity contribution in [1.29, 1.82) is 0 Å². The van der Waals surface area contributed by atoms with Crippen LogP contribution in [0.4, 0.5) is 0 Å². The summed E-state index contributed by atoms with van der Waals surface area (Å²) in [5, 5.41) is 16.9. The predicted molar refractivity (Wildman–Crippen MR) is 79.7 cm³/mol. The lowest BCUT2D eigenvalue weighted by atomic mass is 9.97. The SMILES string of the molecule is C#CC(C)(C)CO.C#CC(C)(C)CO.C[SiH2]C. The van der Waals surface area contributed by atoms with Crippen molar-refractivity contribution >= 4 is 9.52 Å². The van der Waals surface area contributed by atoms with Crippen LogP contribution >= 0.6 is 0 Å². The first-order valence-electron chi connectivity index (χ1n) is 5.83. The van der Waals surface area contributed by atoms with Crippen molar-refractivity contribution in [2.75, 3.05) is 13.2 Å². The fourth-order valence-electron chi connectivity index (χ4n) is 0.0913. The summed E-state index contributed by atoms with van der Waals surface area (Å²) in [5.74, 6) is 4.88. The molecule has 0 spiro atoms. The Bertz CT molecular complexity index is 218. The second-order valence-electron chi connectivity index (χ2n) is 5.08. The second kappa shape index (κ2) is 11.7. The molecule has 0 bridgehead atoms. The summed E-state index contributed by atoms with van der Waals surface area (Å²) in [6, 6.07) is 0. The summed E-state index contributed by atoms with van der Waals surface area (Å²) in [5.41, 5.74) is -0.667. The predicted octanol–water partition coefficient (Wildman–Crippen LogP) is 1.53. The van der Waals surface area contributed by atoms with E-state index < -0.39 is 0 Å². The molecule has 0 unspecified atom stereocenters. The van der Waals surface area contributed by atoms with E-state index in [1.807, 2.05) is 27.7 Å². The van der Waals surface area contributed by atoms with Gasteiger partial charge >= 0.3 is 0 Å². The molecule has 17 heavy (non-hydrogen) atoms. The van der Waals surface area contributed by atoms with Gasteiger partial charge in [-0.25, -0.2) is 0 Å². The average molecular weight is 256 g/mol. The van der Waals surface area contributed by atoms with Crippen LogP contribution in [0, 0.1) is 35.5 Å². The average Bonchev–Trinajstić information content (AvgIpc) is 2.31. The van der Waals surface area contributed by atoms with Gasteiger partial charge in [-0.1, -0.05) is 24.9 Å². The van der Waals surface area contributed by atoms with Crippen molar-refractivity contribution in [1.82, 2.24) is 0 Å². The summed E-state index contributed by atoms with van der Waals surface area (Å²) >= 11 is 0. The van der Waals surface area contributed by atoms with E-state index in [4.69, 9.17) is 23.1 Å². The van der Waals surface area contributed by atoms with Gasteiger partial charge in [0.05, 0.1) is 13.2 Å². The Morgan fingerprint density at radius 2 is 1.06 bits per heavy atom. The molecule has 3 heteroatoms. The van der Waals surface area contributed by atoms with E-state index in [1.165, 1.54) is 0 Å². The largest absolute Gasteiger partial charge is 0.395 e. The molecule has 0 aromatic carbocycles. The third-order valence-electron chi connectivity index (χ3n) is 1.57. The molecule has 0 aliphatic heterocycles. The quantitative estimate of drug-likeness (QED) is 0.581. The highest BCUT2D eigenvalue weighted by Gasteiger charge is 2.10. The molecule has 0 rings (SSSR count). The van der Waals surface area contributed by atoms with E-state index in [0.29, 0.717) is 9.52 Å². The molecule has 0 fully saturated rings. The standard InChI is InChI=1S/2C6H10O.C2H8Si/c2*1-4-6(2,3)5-7;1-3-2/h2*1,7H,5H2,2-3H3;3H2,1-2H3. The maximum absolute atomic E-state index is 8.45. The van der Waals surface area contributed by atoms with E-state index in [-0.39, 0.29) is 24.0 Å². The Morgan fingerprint density at radius 1 is 0.882 bits per heavy atom. The fourth-order valence-corrected chi connectivity index (χ4v) is 0.0913. The van der Waals surface area contributed by atoms with Crippen LogP contribution in [0.5, 0.6) is 0 Å². The van der Waals surface area contributed by atoms with Gasteiger partial charge in [-0.3, -0.25) is 0 Å². The van der Waals surface area contributed by atoms with E-state index in [9.17, 15) is 0 Å². The molecule has 0 aliphatic rings. The van der Waals surface area contributed by atoms with E-state index in [1.54, 1.807) is 0 Å². The van der Waals surface area contributed by atoms with Crippen LogP contribution in [-0.4, -0.2) is 32.9 Å². The minimum absolute atomic E-state index is 0.0590. The first kappa shape index (κ1) is 21.5. The molecule has 0 atom stereocenters. The third-order valence-corrected chi connectivity index (χ3v) is 1.57. The zero-order valence-electron chi connectivity index (χ0n) is 12.2. The van der Waals surface area contributed by atoms with Gasteiger partial charge in [0.2, 0.25) is 0 Å². The molecule has 2 N–H and O–H groups in total. The van der Waals surface area contributed by atoms with Crippen molar-refractivity contribution in [3.8, 4) is 24.7 Å². The third kappa shape index (κ3) is 21.2. The van der Waals surface area contributed by atoms with Crippen molar-refractivity contribution in [3.63, 3.8) is 0 Å². The van der Waals surface area contributed by atoms with Gasteiger partial charge in [0, 0.05) is 20.3 Å². The molecule has 2 nitrogen and oxygen atoms in total. The minimum Gasteiger partial charge on any atom is -0.395 e. The van der Waals surface area contributed by atoms with Crippen LogP contribution in [-0.2, 0) is 0 Å². The van der Waals surface area contributed by atoms with Gasteiger partial charge < -0.3 is 10.2 Å². The van der Waals surface area contributed by atoms with Crippen LogP contribution in [0.25, 0.3) is 0 Å². The number of hydrogen-bond donors (Lipinski definition) is 2. The lowest BCUT2D eigenvalue weighted by molar-refractivity contribution is 0.207. The van der Waals surface area contributed by atoms with Crippen LogP contribution in [0.15, 0.2) is 0 Å². The molecule has 0 radical (unpaired) electrons. The van der Waals surface area contributed by atoms with Gasteiger partial charge in [-0.2, -0.15) is 0 Å². The second-order valence-corrected chi connectivity index (χ2v) is 6.49. The van der Waals surface area contributed by atoms with Gasteiger partial charge in [-0.05, 0) is 27.7 Å². The number of aliphatic hydroxyl groups is 2. The normalized spacial score (nSPS) is 9.76. The number of rotatable bonds is 2. The topological polar surface area (TPSA) is 40.5 Å².